The number of benzene rings is 1. The number of anilines is 1. The maximum absolute atomic E-state index is 10.9. The second-order valence-corrected chi connectivity index (χ2v) is 4.55. The van der Waals surface area contributed by atoms with Gasteiger partial charge in [-0.3, -0.25) is 10.2 Å². The number of rotatable bonds is 4. The average Bonchev–Trinajstić information content (AvgIpc) is 2.27. The van der Waals surface area contributed by atoms with Crippen LogP contribution in [0.15, 0.2) is 35.3 Å². The van der Waals surface area contributed by atoms with E-state index in [1.165, 1.54) is 0 Å². The molecule has 0 atom stereocenters. The Morgan fingerprint density at radius 2 is 1.94 bits per heavy atom. The van der Waals surface area contributed by atoms with Gasteiger partial charge in [0.05, 0.1) is 12.0 Å². The van der Waals surface area contributed by atoms with E-state index in [0.717, 1.165) is 5.69 Å². The molecule has 0 saturated heterocycles. The van der Waals surface area contributed by atoms with Crippen LogP contribution in [0.2, 0.25) is 0 Å². The molecule has 0 saturated carbocycles. The summed E-state index contributed by atoms with van der Waals surface area (Å²) in [6.07, 6.45) is 0.147. The van der Waals surface area contributed by atoms with Crippen LogP contribution in [-0.4, -0.2) is 17.4 Å². The van der Waals surface area contributed by atoms with Crippen LogP contribution in [0.25, 0.3) is 0 Å². The molecule has 6 N–H and O–H groups in total. The van der Waals surface area contributed by atoms with E-state index in [0.29, 0.717) is 5.96 Å². The number of nitrogens with zero attached hydrogens (tertiary/aromatic N) is 1. The van der Waals surface area contributed by atoms with Crippen molar-refractivity contribution in [1.82, 2.24) is 5.43 Å². The van der Waals surface area contributed by atoms with E-state index in [4.69, 9.17) is 11.6 Å². The minimum atomic E-state index is -0.616. The fraction of sp³-hybridized carbons (Fsp3) is 0.333. The molecule has 0 aromatic heterocycles. The van der Waals surface area contributed by atoms with Crippen molar-refractivity contribution in [2.45, 2.75) is 25.8 Å². The Labute approximate surface area is 106 Å². The second-order valence-electron chi connectivity index (χ2n) is 4.55. The molecule has 1 rings (SSSR count). The van der Waals surface area contributed by atoms with Gasteiger partial charge >= 0.3 is 0 Å². The van der Waals surface area contributed by atoms with Crippen LogP contribution in [0.5, 0.6) is 0 Å². The fourth-order valence-corrected chi connectivity index (χ4v) is 1.52. The monoisotopic (exact) mass is 249 g/mol. The van der Waals surface area contributed by atoms with Crippen molar-refractivity contribution in [3.05, 3.63) is 30.3 Å². The number of primary amides is 1. The van der Waals surface area contributed by atoms with E-state index in [1.807, 2.05) is 44.2 Å². The number of para-hydroxylation sites is 1. The summed E-state index contributed by atoms with van der Waals surface area (Å²) in [5, 5.41) is 3.02. The van der Waals surface area contributed by atoms with Crippen molar-refractivity contribution < 1.29 is 4.79 Å². The minimum absolute atomic E-state index is 0.147. The zero-order valence-corrected chi connectivity index (χ0v) is 10.6. The lowest BCUT2D eigenvalue weighted by Crippen LogP contribution is -2.39. The number of carbonyl (C=O) groups is 1. The number of nitrogens with one attached hydrogen (secondary N) is 2. The van der Waals surface area contributed by atoms with E-state index >= 15 is 0 Å². The molecule has 0 radical (unpaired) electrons. The van der Waals surface area contributed by atoms with Crippen LogP contribution in [-0.2, 0) is 4.79 Å². The Hall–Kier alpha value is -2.08. The first-order valence-electron chi connectivity index (χ1n) is 5.60. The van der Waals surface area contributed by atoms with Crippen LogP contribution in [0.1, 0.15) is 20.3 Å². The first kappa shape index (κ1) is 14.0. The van der Waals surface area contributed by atoms with Crippen molar-refractivity contribution >= 4 is 17.6 Å². The standard InChI is InChI=1S/C12H19N5O/c1-12(2,8-10(13)18)16-11(17-14)15-9-6-4-3-5-7-9/h3-7H,8,14H2,1-2H3,(H2,13,18)(H2,15,16,17). The lowest BCUT2D eigenvalue weighted by atomic mass is 10.0. The maximum Gasteiger partial charge on any atom is 0.219 e. The Bertz CT molecular complexity index is 427. The van der Waals surface area contributed by atoms with Crippen molar-refractivity contribution in [1.29, 1.82) is 0 Å². The molecule has 0 bridgehead atoms. The summed E-state index contributed by atoms with van der Waals surface area (Å²) in [6, 6.07) is 9.47. The highest BCUT2D eigenvalue weighted by atomic mass is 16.1. The summed E-state index contributed by atoms with van der Waals surface area (Å²) in [5.41, 5.74) is 7.87. The van der Waals surface area contributed by atoms with Gasteiger partial charge in [0.15, 0.2) is 0 Å². The number of nitrogens with two attached hydrogens (primary N) is 2. The normalized spacial score (nSPS) is 12.1. The Balaban J connectivity index is 2.79. The molecule has 6 nitrogen and oxygen atoms in total. The summed E-state index contributed by atoms with van der Waals surface area (Å²) in [5.74, 6) is 5.38. The van der Waals surface area contributed by atoms with E-state index < -0.39 is 11.4 Å². The topological polar surface area (TPSA) is 106 Å². The van der Waals surface area contributed by atoms with E-state index in [-0.39, 0.29) is 6.42 Å². The molecule has 0 aliphatic carbocycles. The molecule has 0 spiro atoms. The Morgan fingerprint density at radius 1 is 1.33 bits per heavy atom. The van der Waals surface area contributed by atoms with Gasteiger partial charge in [0.2, 0.25) is 11.9 Å². The molecule has 1 amide bonds. The first-order valence-corrected chi connectivity index (χ1v) is 5.60. The number of hydrazine groups is 1. The van der Waals surface area contributed by atoms with E-state index in [1.54, 1.807) is 0 Å². The zero-order valence-electron chi connectivity index (χ0n) is 10.6. The van der Waals surface area contributed by atoms with Gasteiger partial charge in [-0.25, -0.2) is 10.8 Å². The summed E-state index contributed by atoms with van der Waals surface area (Å²) >= 11 is 0. The maximum atomic E-state index is 10.9. The summed E-state index contributed by atoms with van der Waals surface area (Å²) in [6.45, 7) is 3.61. The van der Waals surface area contributed by atoms with Crippen LogP contribution >= 0.6 is 0 Å². The van der Waals surface area contributed by atoms with Gasteiger partial charge in [0.25, 0.3) is 0 Å². The molecule has 0 aliphatic heterocycles. The molecule has 0 aliphatic rings. The highest BCUT2D eigenvalue weighted by Gasteiger charge is 2.20. The van der Waals surface area contributed by atoms with Crippen molar-refractivity contribution in [3.8, 4) is 0 Å². The number of amides is 1. The summed E-state index contributed by atoms with van der Waals surface area (Å²) < 4.78 is 0. The molecule has 98 valence electrons. The second kappa shape index (κ2) is 6.02. The number of aliphatic imine (C=N–C) groups is 1. The van der Waals surface area contributed by atoms with Crippen molar-refractivity contribution in [2.75, 3.05) is 5.32 Å². The smallest absolute Gasteiger partial charge is 0.219 e. The van der Waals surface area contributed by atoms with Gasteiger partial charge in [-0.05, 0) is 26.0 Å². The molecule has 18 heavy (non-hydrogen) atoms. The number of hydrogen-bond donors (Lipinski definition) is 4. The lowest BCUT2D eigenvalue weighted by Gasteiger charge is -2.20. The Kier molecular flexibility index (Phi) is 4.67. The van der Waals surface area contributed by atoms with Gasteiger partial charge < -0.3 is 11.1 Å². The zero-order chi connectivity index (χ0) is 13.6. The molecule has 6 heteroatoms. The van der Waals surface area contributed by atoms with Crippen LogP contribution in [0.4, 0.5) is 5.69 Å². The van der Waals surface area contributed by atoms with E-state index in [9.17, 15) is 4.79 Å². The Morgan fingerprint density at radius 3 is 2.44 bits per heavy atom. The lowest BCUT2D eigenvalue weighted by molar-refractivity contribution is -0.118. The first-order chi connectivity index (χ1) is 8.43. The molecular formula is C12H19N5O. The largest absolute Gasteiger partial charge is 0.370 e. The molecular weight excluding hydrogens is 230 g/mol. The van der Waals surface area contributed by atoms with Crippen molar-refractivity contribution in [3.63, 3.8) is 0 Å². The van der Waals surface area contributed by atoms with Gasteiger partial charge in [0, 0.05) is 5.69 Å². The van der Waals surface area contributed by atoms with Gasteiger partial charge in [-0.2, -0.15) is 0 Å². The third-order valence-electron chi connectivity index (χ3n) is 2.19. The predicted molar refractivity (Wildman–Crippen MR) is 72.7 cm³/mol. The molecule has 1 aromatic rings. The fourth-order valence-electron chi connectivity index (χ4n) is 1.52. The molecule has 0 fully saturated rings. The van der Waals surface area contributed by atoms with Crippen LogP contribution in [0, 0.1) is 0 Å². The third-order valence-corrected chi connectivity index (χ3v) is 2.19. The SMILES string of the molecule is CC(C)(CC(N)=O)N=C(NN)Nc1ccccc1. The summed E-state index contributed by atoms with van der Waals surface area (Å²) in [7, 11) is 0. The number of guanidine groups is 1. The number of hydrogen-bond acceptors (Lipinski definition) is 3. The number of carbonyl (C=O) groups excluding carboxylic acids is 1. The van der Waals surface area contributed by atoms with Crippen molar-refractivity contribution in [2.24, 2.45) is 16.6 Å². The highest BCUT2D eigenvalue weighted by molar-refractivity contribution is 5.93. The minimum Gasteiger partial charge on any atom is -0.370 e. The molecule has 0 heterocycles. The van der Waals surface area contributed by atoms with Crippen LogP contribution < -0.4 is 22.3 Å². The quantitative estimate of drug-likeness (QED) is 0.271. The van der Waals surface area contributed by atoms with Gasteiger partial charge in [-0.15, -0.1) is 0 Å². The molecule has 1 aromatic carbocycles. The molecule has 0 unspecified atom stereocenters. The third kappa shape index (κ3) is 4.84. The highest BCUT2D eigenvalue weighted by Crippen LogP contribution is 2.14. The van der Waals surface area contributed by atoms with E-state index in [2.05, 4.69) is 15.7 Å². The van der Waals surface area contributed by atoms with Gasteiger partial charge in [0.1, 0.15) is 0 Å². The van der Waals surface area contributed by atoms with Gasteiger partial charge in [-0.1, -0.05) is 18.2 Å². The predicted octanol–water partition coefficient (Wildman–Crippen LogP) is 0.572. The summed E-state index contributed by atoms with van der Waals surface area (Å²) in [4.78, 5) is 15.3. The average molecular weight is 249 g/mol. The van der Waals surface area contributed by atoms with Crippen LogP contribution in [0.3, 0.4) is 0 Å².